The molecule has 1 N–H and O–H groups in total. The number of benzene rings is 2. The van der Waals surface area contributed by atoms with E-state index < -0.39 is 0 Å². The number of ether oxygens (including phenoxy) is 2. The van der Waals surface area contributed by atoms with Crippen LogP contribution in [0.4, 0.5) is 10.5 Å². The molecular weight excluding hydrogens is 404 g/mol. The van der Waals surface area contributed by atoms with E-state index in [1.807, 2.05) is 47.4 Å². The molecule has 0 saturated carbocycles. The second-order valence-corrected chi connectivity index (χ2v) is 7.54. The third-order valence-corrected chi connectivity index (χ3v) is 5.66. The number of carbonyl (C=O) groups is 1. The van der Waals surface area contributed by atoms with Crippen molar-refractivity contribution in [2.45, 2.75) is 5.37 Å². The molecule has 1 atom stereocenters. The molecule has 3 rings (SSSR count). The van der Waals surface area contributed by atoms with Gasteiger partial charge in [-0.05, 0) is 24.3 Å². The van der Waals surface area contributed by atoms with Crippen molar-refractivity contribution in [2.24, 2.45) is 0 Å². The van der Waals surface area contributed by atoms with E-state index in [9.17, 15) is 4.79 Å². The lowest BCUT2D eigenvalue weighted by atomic mass is 10.1. The minimum absolute atomic E-state index is 0.114. The summed E-state index contributed by atoms with van der Waals surface area (Å²) in [5.41, 5.74) is 1.70. The molecule has 0 radical (unpaired) electrons. The van der Waals surface area contributed by atoms with Gasteiger partial charge in [0, 0.05) is 28.0 Å². The van der Waals surface area contributed by atoms with Crippen LogP contribution >= 0.6 is 27.7 Å². The van der Waals surface area contributed by atoms with Crippen molar-refractivity contribution < 1.29 is 14.3 Å². The number of urea groups is 1. The molecule has 2 aromatic rings. The minimum atomic E-state index is -0.127. The maximum atomic E-state index is 12.8. The second-order valence-electron chi connectivity index (χ2n) is 5.44. The van der Waals surface area contributed by atoms with Gasteiger partial charge in [-0.15, -0.1) is 11.8 Å². The fourth-order valence-corrected chi connectivity index (χ4v) is 4.47. The van der Waals surface area contributed by atoms with Gasteiger partial charge >= 0.3 is 6.03 Å². The summed E-state index contributed by atoms with van der Waals surface area (Å²) in [6, 6.07) is 13.2. The first-order valence-corrected chi connectivity index (χ1v) is 9.64. The van der Waals surface area contributed by atoms with Gasteiger partial charge in [-0.25, -0.2) is 4.79 Å². The van der Waals surface area contributed by atoms with Crippen molar-refractivity contribution >= 4 is 39.4 Å². The molecule has 0 bridgehead atoms. The average Bonchev–Trinajstić information content (AvgIpc) is 3.10. The number of para-hydroxylation sites is 1. The number of methoxy groups -OCH3 is 2. The Hall–Kier alpha value is -1.86. The maximum absolute atomic E-state index is 12.8. The molecule has 2 aromatic carbocycles. The Bertz CT molecular complexity index is 772. The smallest absolute Gasteiger partial charge is 0.323 e. The summed E-state index contributed by atoms with van der Waals surface area (Å²) in [6.07, 6.45) is 0. The summed E-state index contributed by atoms with van der Waals surface area (Å²) in [7, 11) is 3.23. The van der Waals surface area contributed by atoms with Crippen molar-refractivity contribution in [3.8, 4) is 11.5 Å². The zero-order chi connectivity index (χ0) is 17.8. The minimum Gasteiger partial charge on any atom is -0.493 e. The van der Waals surface area contributed by atoms with Gasteiger partial charge in [0.25, 0.3) is 0 Å². The molecule has 1 aliphatic rings. The van der Waals surface area contributed by atoms with Gasteiger partial charge in [-0.3, -0.25) is 0 Å². The molecule has 1 unspecified atom stereocenters. The van der Waals surface area contributed by atoms with E-state index in [1.165, 1.54) is 0 Å². The molecular formula is C18H19BrN2O3S. The van der Waals surface area contributed by atoms with Gasteiger partial charge in [0.1, 0.15) is 5.37 Å². The number of halogens is 1. The molecule has 0 aliphatic carbocycles. The van der Waals surface area contributed by atoms with Crippen LogP contribution in [0.5, 0.6) is 11.5 Å². The van der Waals surface area contributed by atoms with Crippen molar-refractivity contribution in [2.75, 3.05) is 31.8 Å². The lowest BCUT2D eigenvalue weighted by Gasteiger charge is -2.26. The van der Waals surface area contributed by atoms with Crippen molar-refractivity contribution in [1.29, 1.82) is 0 Å². The number of anilines is 1. The van der Waals surface area contributed by atoms with Crippen LogP contribution < -0.4 is 14.8 Å². The van der Waals surface area contributed by atoms with Crippen LogP contribution in [0.25, 0.3) is 0 Å². The van der Waals surface area contributed by atoms with E-state index in [0.717, 1.165) is 21.5 Å². The van der Waals surface area contributed by atoms with Crippen LogP contribution in [0.3, 0.4) is 0 Å². The third kappa shape index (κ3) is 3.88. The van der Waals surface area contributed by atoms with Gasteiger partial charge < -0.3 is 19.7 Å². The molecule has 1 heterocycles. The molecule has 2 amide bonds. The number of carbonyl (C=O) groups excluding carboxylic acids is 1. The monoisotopic (exact) mass is 422 g/mol. The molecule has 0 aromatic heterocycles. The molecule has 1 fully saturated rings. The zero-order valence-corrected chi connectivity index (χ0v) is 16.4. The highest BCUT2D eigenvalue weighted by Crippen LogP contribution is 2.45. The average molecular weight is 423 g/mol. The van der Waals surface area contributed by atoms with Crippen LogP contribution in [0.15, 0.2) is 46.9 Å². The van der Waals surface area contributed by atoms with Gasteiger partial charge in [0.2, 0.25) is 0 Å². The molecule has 0 spiro atoms. The first-order valence-electron chi connectivity index (χ1n) is 7.79. The van der Waals surface area contributed by atoms with Gasteiger partial charge in [0.05, 0.1) is 14.2 Å². The third-order valence-electron chi connectivity index (χ3n) is 3.93. The molecule has 7 heteroatoms. The number of hydrogen-bond acceptors (Lipinski definition) is 4. The van der Waals surface area contributed by atoms with Gasteiger partial charge in [-0.2, -0.15) is 0 Å². The predicted molar refractivity (Wildman–Crippen MR) is 105 cm³/mol. The molecule has 1 saturated heterocycles. The summed E-state index contributed by atoms with van der Waals surface area (Å²) in [5, 5.41) is 2.85. The second kappa shape index (κ2) is 8.01. The Labute approximate surface area is 159 Å². The summed E-state index contributed by atoms with van der Waals surface area (Å²) in [4.78, 5) is 14.6. The molecule has 5 nitrogen and oxygen atoms in total. The number of nitrogens with zero attached hydrogens (tertiary/aromatic N) is 1. The standard InChI is InChI=1S/C18H19BrN2O3S/c1-23-15-8-4-7-14(16(15)24-2)17-21(9-10-25-17)18(22)20-13-6-3-5-12(19)11-13/h3-8,11,17H,9-10H2,1-2H3,(H,20,22). The largest absolute Gasteiger partial charge is 0.493 e. The normalized spacial score (nSPS) is 16.6. The van der Waals surface area contributed by atoms with E-state index >= 15 is 0 Å². The van der Waals surface area contributed by atoms with Crippen LogP contribution in [0.1, 0.15) is 10.9 Å². The first-order chi connectivity index (χ1) is 12.1. The quantitative estimate of drug-likeness (QED) is 0.772. The van der Waals surface area contributed by atoms with Gasteiger partial charge in [-0.1, -0.05) is 34.1 Å². The highest BCUT2D eigenvalue weighted by molar-refractivity contribution is 9.10. The van der Waals surface area contributed by atoms with E-state index in [-0.39, 0.29) is 11.4 Å². The van der Waals surface area contributed by atoms with Crippen LogP contribution in [-0.4, -0.2) is 37.4 Å². The SMILES string of the molecule is COc1cccc(C2SCCN2C(=O)Nc2cccc(Br)c2)c1OC. The number of nitrogens with one attached hydrogen (secondary N) is 1. The Morgan fingerprint density at radius 3 is 2.76 bits per heavy atom. The summed E-state index contributed by atoms with van der Waals surface area (Å²) >= 11 is 5.13. The van der Waals surface area contributed by atoms with Crippen LogP contribution in [-0.2, 0) is 0 Å². The lowest BCUT2D eigenvalue weighted by molar-refractivity contribution is 0.213. The zero-order valence-electron chi connectivity index (χ0n) is 14.0. The Morgan fingerprint density at radius 2 is 2.04 bits per heavy atom. The van der Waals surface area contributed by atoms with E-state index in [4.69, 9.17) is 9.47 Å². The molecule has 132 valence electrons. The van der Waals surface area contributed by atoms with E-state index in [1.54, 1.807) is 26.0 Å². The van der Waals surface area contributed by atoms with Crippen LogP contribution in [0.2, 0.25) is 0 Å². The van der Waals surface area contributed by atoms with Gasteiger partial charge in [0.15, 0.2) is 11.5 Å². The maximum Gasteiger partial charge on any atom is 0.323 e. The Balaban J connectivity index is 1.84. The number of amides is 2. The summed E-state index contributed by atoms with van der Waals surface area (Å²) in [5.74, 6) is 2.21. The Kier molecular flexibility index (Phi) is 5.75. The Morgan fingerprint density at radius 1 is 1.24 bits per heavy atom. The van der Waals surface area contributed by atoms with Crippen molar-refractivity contribution in [3.63, 3.8) is 0 Å². The van der Waals surface area contributed by atoms with Crippen molar-refractivity contribution in [3.05, 3.63) is 52.5 Å². The fourth-order valence-electron chi connectivity index (χ4n) is 2.80. The molecule has 25 heavy (non-hydrogen) atoms. The topological polar surface area (TPSA) is 50.8 Å². The van der Waals surface area contributed by atoms with Crippen molar-refractivity contribution in [1.82, 2.24) is 4.90 Å². The first kappa shape index (κ1) is 17.9. The van der Waals surface area contributed by atoms with E-state index in [2.05, 4.69) is 21.2 Å². The highest BCUT2D eigenvalue weighted by atomic mass is 79.9. The molecule has 1 aliphatic heterocycles. The lowest BCUT2D eigenvalue weighted by Crippen LogP contribution is -2.34. The summed E-state index contributed by atoms with van der Waals surface area (Å²) in [6.45, 7) is 0.676. The predicted octanol–water partition coefficient (Wildman–Crippen LogP) is 4.75. The number of rotatable bonds is 4. The highest BCUT2D eigenvalue weighted by Gasteiger charge is 2.33. The summed E-state index contributed by atoms with van der Waals surface area (Å²) < 4.78 is 11.8. The fraction of sp³-hybridized carbons (Fsp3) is 0.278. The number of thioether (sulfide) groups is 1. The number of hydrogen-bond donors (Lipinski definition) is 1. The van der Waals surface area contributed by atoms with Crippen LogP contribution in [0, 0.1) is 0 Å². The van der Waals surface area contributed by atoms with E-state index in [0.29, 0.717) is 18.0 Å².